The Hall–Kier alpha value is -0.650. The Labute approximate surface area is 169 Å². The molecule has 0 aliphatic heterocycles. The summed E-state index contributed by atoms with van der Waals surface area (Å²) >= 11 is 0. The van der Waals surface area contributed by atoms with Crippen molar-refractivity contribution >= 4 is 5.97 Å². The van der Waals surface area contributed by atoms with Gasteiger partial charge in [0, 0.05) is 19.2 Å². The SMILES string of the molecule is CCCCCCCCCCCCCCCCCC(=O)[O-].CCO.CCO.[NH4+]. The molecule has 0 amide bonds. The maximum atomic E-state index is 10.2. The molecule has 0 aromatic heterocycles. The fourth-order valence-corrected chi connectivity index (χ4v) is 2.64. The molecule has 168 valence electrons. The number of aliphatic hydroxyl groups is 2. The van der Waals surface area contributed by atoms with Crippen molar-refractivity contribution < 1.29 is 20.1 Å². The lowest BCUT2D eigenvalue weighted by Crippen LogP contribution is -2.21. The van der Waals surface area contributed by atoms with Crippen LogP contribution in [0, 0.1) is 0 Å². The predicted octanol–water partition coefficient (Wildman–Crippen LogP) is 5.37. The zero-order chi connectivity index (χ0) is 20.3. The molecule has 0 atom stereocenters. The lowest BCUT2D eigenvalue weighted by Gasteiger charge is -2.04. The molecule has 0 bridgehead atoms. The van der Waals surface area contributed by atoms with E-state index in [0.717, 1.165) is 12.8 Å². The molecule has 0 saturated carbocycles. The molecule has 0 aliphatic carbocycles. The first kappa shape index (κ1) is 33.9. The van der Waals surface area contributed by atoms with Crippen LogP contribution in [0.5, 0.6) is 0 Å². The number of rotatable bonds is 16. The van der Waals surface area contributed by atoms with Crippen LogP contribution in [-0.4, -0.2) is 29.4 Å². The lowest BCUT2D eigenvalue weighted by molar-refractivity contribution is -0.305. The molecule has 0 heterocycles. The molecule has 0 unspecified atom stereocenters. The third-order valence-electron chi connectivity index (χ3n) is 3.98. The van der Waals surface area contributed by atoms with E-state index in [2.05, 4.69) is 6.92 Å². The molecule has 0 aliphatic rings. The van der Waals surface area contributed by atoms with Crippen molar-refractivity contribution in [3.63, 3.8) is 0 Å². The molecule has 0 aromatic rings. The number of hydrogen-bond donors (Lipinski definition) is 3. The molecule has 0 spiro atoms. The van der Waals surface area contributed by atoms with Crippen molar-refractivity contribution in [2.24, 2.45) is 0 Å². The van der Waals surface area contributed by atoms with Crippen LogP contribution in [0.1, 0.15) is 124 Å². The predicted molar refractivity (Wildman–Crippen MR) is 116 cm³/mol. The Morgan fingerprint density at radius 2 is 0.815 bits per heavy atom. The summed E-state index contributed by atoms with van der Waals surface area (Å²) < 4.78 is 0. The van der Waals surface area contributed by atoms with Crippen LogP contribution in [0.4, 0.5) is 0 Å². The normalized spacial score (nSPS) is 9.37. The van der Waals surface area contributed by atoms with Gasteiger partial charge in [-0.3, -0.25) is 0 Å². The second kappa shape index (κ2) is 36.3. The fraction of sp³-hybridized carbons (Fsp3) is 0.955. The summed E-state index contributed by atoms with van der Waals surface area (Å²) in [7, 11) is 0. The fourth-order valence-electron chi connectivity index (χ4n) is 2.64. The van der Waals surface area contributed by atoms with Crippen molar-refractivity contribution in [3.05, 3.63) is 0 Å². The van der Waals surface area contributed by atoms with E-state index in [0.29, 0.717) is 0 Å². The van der Waals surface area contributed by atoms with Gasteiger partial charge in [0.25, 0.3) is 0 Å². The molecule has 6 N–H and O–H groups in total. The van der Waals surface area contributed by atoms with E-state index in [1.807, 2.05) is 0 Å². The average molecular weight is 394 g/mol. The van der Waals surface area contributed by atoms with E-state index in [1.54, 1.807) is 13.8 Å². The van der Waals surface area contributed by atoms with E-state index in [-0.39, 0.29) is 25.8 Å². The third-order valence-corrected chi connectivity index (χ3v) is 3.98. The Kier molecular flexibility index (Phi) is 45.6. The van der Waals surface area contributed by atoms with Gasteiger partial charge in [-0.2, -0.15) is 0 Å². The molecule has 5 nitrogen and oxygen atoms in total. The minimum atomic E-state index is -0.903. The first-order valence-electron chi connectivity index (χ1n) is 11.0. The largest absolute Gasteiger partial charge is 0.550 e. The topological polar surface area (TPSA) is 117 Å². The highest BCUT2D eigenvalue weighted by Gasteiger charge is 1.94. The van der Waals surface area contributed by atoms with Crippen molar-refractivity contribution in [3.8, 4) is 0 Å². The van der Waals surface area contributed by atoms with Gasteiger partial charge in [0.15, 0.2) is 0 Å². The number of carbonyl (C=O) groups excluding carboxylic acids is 1. The standard InChI is InChI=1S/C18H36O2.2C2H6O.H3N/c1-2-3-4-5-6-7-8-9-10-11-12-13-14-15-16-17-18(19)20;2*1-2-3;/h2-17H2,1H3,(H,19,20);2*3H,2H2,1H3;1H3. The quantitative estimate of drug-likeness (QED) is 0.305. The Morgan fingerprint density at radius 1 is 0.593 bits per heavy atom. The van der Waals surface area contributed by atoms with Crippen molar-refractivity contribution in [2.45, 2.75) is 124 Å². The number of aliphatic hydroxyl groups excluding tert-OH is 2. The Balaban J connectivity index is -0.000000331. The number of quaternary nitrogens is 1. The van der Waals surface area contributed by atoms with Gasteiger partial charge < -0.3 is 26.3 Å². The maximum Gasteiger partial charge on any atom is 0.0414 e. The van der Waals surface area contributed by atoms with Crippen molar-refractivity contribution in [1.29, 1.82) is 0 Å². The highest BCUT2D eigenvalue weighted by molar-refractivity contribution is 5.63. The van der Waals surface area contributed by atoms with Gasteiger partial charge >= 0.3 is 0 Å². The van der Waals surface area contributed by atoms with Gasteiger partial charge in [0.2, 0.25) is 0 Å². The van der Waals surface area contributed by atoms with Crippen LogP contribution in [0.2, 0.25) is 0 Å². The number of carboxylic acids is 1. The molecule has 5 heteroatoms. The van der Waals surface area contributed by atoms with E-state index in [4.69, 9.17) is 10.2 Å². The molecule has 27 heavy (non-hydrogen) atoms. The summed E-state index contributed by atoms with van der Waals surface area (Å²) in [5, 5.41) is 25.4. The number of aliphatic carboxylic acids is 1. The molecule has 0 fully saturated rings. The second-order valence-electron chi connectivity index (χ2n) is 6.70. The van der Waals surface area contributed by atoms with Crippen LogP contribution < -0.4 is 11.3 Å². The first-order chi connectivity index (χ1) is 12.6. The zero-order valence-electron chi connectivity index (χ0n) is 18.9. The average Bonchev–Trinajstić information content (AvgIpc) is 2.59. The third kappa shape index (κ3) is 51.7. The molecular weight excluding hydrogens is 342 g/mol. The molecule has 0 rings (SSSR count). The Bertz CT molecular complexity index is 236. The molecular formula is C22H51NO4. The maximum absolute atomic E-state index is 10.2. The summed E-state index contributed by atoms with van der Waals surface area (Å²) in [6, 6.07) is 0. The number of carbonyl (C=O) groups is 1. The molecule has 0 saturated heterocycles. The number of unbranched alkanes of at least 4 members (excludes halogenated alkanes) is 14. The first-order valence-corrected chi connectivity index (χ1v) is 11.0. The molecule has 0 radical (unpaired) electrons. The summed E-state index contributed by atoms with van der Waals surface area (Å²) in [4.78, 5) is 10.2. The Morgan fingerprint density at radius 3 is 1.04 bits per heavy atom. The van der Waals surface area contributed by atoms with Gasteiger partial charge in [-0.15, -0.1) is 0 Å². The number of hydrogen-bond acceptors (Lipinski definition) is 4. The van der Waals surface area contributed by atoms with Gasteiger partial charge in [-0.1, -0.05) is 96.8 Å². The monoisotopic (exact) mass is 393 g/mol. The van der Waals surface area contributed by atoms with Gasteiger partial charge in [-0.25, -0.2) is 0 Å². The zero-order valence-corrected chi connectivity index (χ0v) is 18.9. The lowest BCUT2D eigenvalue weighted by atomic mass is 10.0. The van der Waals surface area contributed by atoms with Gasteiger partial charge in [0.05, 0.1) is 0 Å². The van der Waals surface area contributed by atoms with Crippen LogP contribution >= 0.6 is 0 Å². The van der Waals surface area contributed by atoms with E-state index < -0.39 is 5.97 Å². The highest BCUT2D eigenvalue weighted by atomic mass is 16.4. The minimum absolute atomic E-state index is 0. The van der Waals surface area contributed by atoms with Gasteiger partial charge in [-0.05, 0) is 26.7 Å². The summed E-state index contributed by atoms with van der Waals surface area (Å²) in [5.74, 6) is -0.903. The van der Waals surface area contributed by atoms with Crippen LogP contribution in [0.3, 0.4) is 0 Å². The summed E-state index contributed by atoms with van der Waals surface area (Å²) in [5.41, 5.74) is 0. The summed E-state index contributed by atoms with van der Waals surface area (Å²) in [6.45, 7) is 6.13. The van der Waals surface area contributed by atoms with Crippen LogP contribution in [-0.2, 0) is 4.79 Å². The van der Waals surface area contributed by atoms with E-state index in [1.165, 1.54) is 83.5 Å². The number of carboxylic acid groups (broad SMARTS) is 1. The smallest absolute Gasteiger partial charge is 0.0414 e. The summed E-state index contributed by atoms with van der Waals surface area (Å²) in [6.07, 6.45) is 19.9. The highest BCUT2D eigenvalue weighted by Crippen LogP contribution is 2.13. The van der Waals surface area contributed by atoms with E-state index in [9.17, 15) is 9.90 Å². The van der Waals surface area contributed by atoms with E-state index >= 15 is 0 Å². The molecule has 0 aromatic carbocycles. The second-order valence-corrected chi connectivity index (χ2v) is 6.70. The van der Waals surface area contributed by atoms with Crippen LogP contribution in [0.25, 0.3) is 0 Å². The van der Waals surface area contributed by atoms with Gasteiger partial charge in [0.1, 0.15) is 0 Å². The minimum Gasteiger partial charge on any atom is -0.550 e. The van der Waals surface area contributed by atoms with Crippen molar-refractivity contribution in [1.82, 2.24) is 6.15 Å². The van der Waals surface area contributed by atoms with Crippen molar-refractivity contribution in [2.75, 3.05) is 13.2 Å². The van der Waals surface area contributed by atoms with Crippen LogP contribution in [0.15, 0.2) is 0 Å².